The number of aromatic nitrogens is 1. The number of nitrogen functional groups attached to an aromatic ring is 1. The minimum absolute atomic E-state index is 0.0693. The van der Waals surface area contributed by atoms with Gasteiger partial charge in [0, 0.05) is 63.0 Å². The number of piperazine rings is 1. The number of anilines is 1. The van der Waals surface area contributed by atoms with E-state index < -0.39 is 11.6 Å². The van der Waals surface area contributed by atoms with Crippen LogP contribution in [-0.2, 0) is 17.9 Å². The number of likely N-dealkylation sites (tertiary alicyclic amines) is 1. The Morgan fingerprint density at radius 2 is 1.68 bits per heavy atom. The number of hydrogen-bond acceptors (Lipinski definition) is 5. The molecule has 0 atom stereocenters. The molecule has 1 aromatic carbocycles. The lowest BCUT2D eigenvalue weighted by molar-refractivity contribution is -0.139. The smallest absolute Gasteiger partial charge is 0.225 e. The third-order valence-corrected chi connectivity index (χ3v) is 6.28. The van der Waals surface area contributed by atoms with Crippen LogP contribution in [0.1, 0.15) is 24.0 Å². The van der Waals surface area contributed by atoms with Gasteiger partial charge in [0.1, 0.15) is 17.5 Å². The first-order valence-electron chi connectivity index (χ1n) is 10.9. The number of pyridine rings is 1. The normalized spacial score (nSPS) is 19.0. The SMILES string of the molecule is Nc1cc(CN2CCC(C(=O)N3CCN(Cc4ccc(F)cc4F)CC3)CC2)ccn1. The Hall–Kier alpha value is -2.58. The molecule has 0 aliphatic carbocycles. The summed E-state index contributed by atoms with van der Waals surface area (Å²) in [7, 11) is 0. The van der Waals surface area contributed by atoms with Gasteiger partial charge in [-0.1, -0.05) is 6.07 Å². The summed E-state index contributed by atoms with van der Waals surface area (Å²) < 4.78 is 27.0. The molecule has 0 bridgehead atoms. The van der Waals surface area contributed by atoms with Gasteiger partial charge in [-0.2, -0.15) is 0 Å². The fraction of sp³-hybridized carbons (Fsp3) is 0.478. The van der Waals surface area contributed by atoms with Gasteiger partial charge in [0.15, 0.2) is 0 Å². The van der Waals surface area contributed by atoms with E-state index in [9.17, 15) is 13.6 Å². The minimum atomic E-state index is -0.562. The molecule has 31 heavy (non-hydrogen) atoms. The van der Waals surface area contributed by atoms with Crippen LogP contribution in [0.4, 0.5) is 14.6 Å². The summed E-state index contributed by atoms with van der Waals surface area (Å²) in [6, 6.07) is 7.58. The molecule has 166 valence electrons. The number of carbonyl (C=O) groups is 1. The summed E-state index contributed by atoms with van der Waals surface area (Å²) in [4.78, 5) is 23.4. The monoisotopic (exact) mass is 429 g/mol. The van der Waals surface area contributed by atoms with E-state index in [-0.39, 0.29) is 11.8 Å². The fourth-order valence-corrected chi connectivity index (χ4v) is 4.46. The molecule has 4 rings (SSSR count). The Bertz CT molecular complexity index is 909. The Balaban J connectivity index is 1.22. The summed E-state index contributed by atoms with van der Waals surface area (Å²) in [6.45, 7) is 5.75. The number of benzene rings is 1. The summed E-state index contributed by atoms with van der Waals surface area (Å²) in [5.74, 6) is -0.239. The quantitative estimate of drug-likeness (QED) is 0.791. The second-order valence-corrected chi connectivity index (χ2v) is 8.48. The van der Waals surface area contributed by atoms with Gasteiger partial charge in [0.2, 0.25) is 5.91 Å². The molecule has 0 unspecified atom stereocenters. The molecule has 2 saturated heterocycles. The average molecular weight is 430 g/mol. The molecule has 1 aromatic heterocycles. The Kier molecular flexibility index (Phi) is 6.77. The van der Waals surface area contributed by atoms with Crippen LogP contribution in [0.3, 0.4) is 0 Å². The second kappa shape index (κ2) is 9.70. The summed E-state index contributed by atoms with van der Waals surface area (Å²) in [5, 5.41) is 0. The topological polar surface area (TPSA) is 65.7 Å². The Morgan fingerprint density at radius 3 is 2.35 bits per heavy atom. The predicted octanol–water partition coefficient (Wildman–Crippen LogP) is 2.50. The van der Waals surface area contributed by atoms with Crippen molar-refractivity contribution in [3.8, 4) is 0 Å². The van der Waals surface area contributed by atoms with E-state index in [1.54, 1.807) is 6.20 Å². The second-order valence-electron chi connectivity index (χ2n) is 8.48. The van der Waals surface area contributed by atoms with Crippen molar-refractivity contribution in [3.63, 3.8) is 0 Å². The van der Waals surface area contributed by atoms with Gasteiger partial charge in [-0.05, 0) is 49.7 Å². The molecule has 0 saturated carbocycles. The van der Waals surface area contributed by atoms with Gasteiger partial charge < -0.3 is 10.6 Å². The number of hydrogen-bond donors (Lipinski definition) is 1. The molecule has 2 aliphatic rings. The van der Waals surface area contributed by atoms with Crippen molar-refractivity contribution in [3.05, 3.63) is 59.3 Å². The zero-order chi connectivity index (χ0) is 21.8. The van der Waals surface area contributed by atoms with Crippen LogP contribution in [0, 0.1) is 17.6 Å². The van der Waals surface area contributed by atoms with E-state index in [1.165, 1.54) is 12.1 Å². The summed E-state index contributed by atoms with van der Waals surface area (Å²) in [6.07, 6.45) is 3.45. The Morgan fingerprint density at radius 1 is 0.968 bits per heavy atom. The fourth-order valence-electron chi connectivity index (χ4n) is 4.46. The van der Waals surface area contributed by atoms with Crippen molar-refractivity contribution in [1.29, 1.82) is 0 Å². The van der Waals surface area contributed by atoms with Gasteiger partial charge in [-0.15, -0.1) is 0 Å². The Labute approximate surface area is 181 Å². The van der Waals surface area contributed by atoms with Gasteiger partial charge >= 0.3 is 0 Å². The molecular weight excluding hydrogens is 400 g/mol. The first-order valence-corrected chi connectivity index (χ1v) is 10.9. The maximum Gasteiger partial charge on any atom is 0.225 e. The highest BCUT2D eigenvalue weighted by Crippen LogP contribution is 2.22. The number of nitrogens with zero attached hydrogens (tertiary/aromatic N) is 4. The van der Waals surface area contributed by atoms with Gasteiger partial charge in [0.25, 0.3) is 0 Å². The van der Waals surface area contributed by atoms with Crippen molar-refractivity contribution in [2.24, 2.45) is 5.92 Å². The van der Waals surface area contributed by atoms with Crippen LogP contribution in [0.25, 0.3) is 0 Å². The van der Waals surface area contributed by atoms with Gasteiger partial charge in [-0.3, -0.25) is 14.6 Å². The zero-order valence-corrected chi connectivity index (χ0v) is 17.6. The number of halogens is 2. The molecule has 3 heterocycles. The van der Waals surface area contributed by atoms with Crippen molar-refractivity contribution in [2.45, 2.75) is 25.9 Å². The molecule has 6 nitrogen and oxygen atoms in total. The van der Waals surface area contributed by atoms with Crippen LogP contribution in [-0.4, -0.2) is 64.9 Å². The highest BCUT2D eigenvalue weighted by molar-refractivity contribution is 5.79. The van der Waals surface area contributed by atoms with Crippen LogP contribution < -0.4 is 5.73 Å². The van der Waals surface area contributed by atoms with Crippen molar-refractivity contribution in [2.75, 3.05) is 45.0 Å². The highest BCUT2D eigenvalue weighted by Gasteiger charge is 2.30. The van der Waals surface area contributed by atoms with Crippen molar-refractivity contribution in [1.82, 2.24) is 19.7 Å². The van der Waals surface area contributed by atoms with Gasteiger partial charge in [0.05, 0.1) is 0 Å². The third-order valence-electron chi connectivity index (χ3n) is 6.28. The van der Waals surface area contributed by atoms with E-state index in [2.05, 4.69) is 14.8 Å². The van der Waals surface area contributed by atoms with E-state index in [0.717, 1.165) is 44.1 Å². The third kappa shape index (κ3) is 5.57. The molecule has 0 radical (unpaired) electrons. The molecule has 2 fully saturated rings. The molecule has 2 aliphatic heterocycles. The predicted molar refractivity (Wildman–Crippen MR) is 115 cm³/mol. The van der Waals surface area contributed by atoms with E-state index >= 15 is 0 Å². The van der Waals surface area contributed by atoms with Crippen molar-refractivity contribution < 1.29 is 13.6 Å². The number of piperidine rings is 1. The molecule has 2 N–H and O–H groups in total. The number of amides is 1. The molecule has 1 amide bonds. The van der Waals surface area contributed by atoms with Gasteiger partial charge in [-0.25, -0.2) is 13.8 Å². The summed E-state index contributed by atoms with van der Waals surface area (Å²) >= 11 is 0. The lowest BCUT2D eigenvalue weighted by Crippen LogP contribution is -2.51. The maximum atomic E-state index is 13.9. The van der Waals surface area contributed by atoms with Crippen LogP contribution in [0.5, 0.6) is 0 Å². The molecule has 2 aromatic rings. The number of rotatable bonds is 5. The lowest BCUT2D eigenvalue weighted by Gasteiger charge is -2.38. The molecule has 0 spiro atoms. The van der Waals surface area contributed by atoms with Crippen molar-refractivity contribution >= 4 is 11.7 Å². The average Bonchev–Trinajstić information content (AvgIpc) is 2.76. The van der Waals surface area contributed by atoms with E-state index in [4.69, 9.17) is 5.73 Å². The first kappa shape index (κ1) is 21.6. The number of nitrogens with two attached hydrogens (primary N) is 1. The maximum absolute atomic E-state index is 13.9. The highest BCUT2D eigenvalue weighted by atomic mass is 19.1. The molecule has 8 heteroatoms. The zero-order valence-electron chi connectivity index (χ0n) is 17.6. The summed E-state index contributed by atoms with van der Waals surface area (Å²) in [5.41, 5.74) is 7.39. The number of carbonyl (C=O) groups excluding carboxylic acids is 1. The first-order chi connectivity index (χ1) is 15.0. The van der Waals surface area contributed by atoms with Crippen LogP contribution in [0.15, 0.2) is 36.5 Å². The van der Waals surface area contributed by atoms with E-state index in [1.807, 2.05) is 17.0 Å². The largest absolute Gasteiger partial charge is 0.384 e. The van der Waals surface area contributed by atoms with E-state index in [0.29, 0.717) is 44.1 Å². The minimum Gasteiger partial charge on any atom is -0.384 e. The van der Waals surface area contributed by atoms with Crippen LogP contribution >= 0.6 is 0 Å². The standard InChI is InChI=1S/C23H29F2N5O/c24-20-2-1-19(21(25)14-20)16-29-9-11-30(12-10-29)23(31)18-4-7-28(8-5-18)15-17-3-6-27-22(26)13-17/h1-3,6,13-14,18H,4-5,7-12,15-16H2,(H2,26,27). The lowest BCUT2D eigenvalue weighted by atomic mass is 9.94. The van der Waals surface area contributed by atoms with Crippen LogP contribution in [0.2, 0.25) is 0 Å². The molecular formula is C23H29F2N5O.